The first kappa shape index (κ1) is 14.6. The van der Waals surface area contributed by atoms with Crippen molar-refractivity contribution < 1.29 is 4.74 Å². The van der Waals surface area contributed by atoms with Crippen LogP contribution in [0.3, 0.4) is 0 Å². The molecule has 108 valence electrons. The van der Waals surface area contributed by atoms with E-state index in [1.165, 1.54) is 0 Å². The van der Waals surface area contributed by atoms with Crippen molar-refractivity contribution in [2.45, 2.75) is 39.3 Å². The number of pyridine rings is 1. The van der Waals surface area contributed by atoms with E-state index in [2.05, 4.69) is 6.92 Å². The van der Waals surface area contributed by atoms with E-state index < -0.39 is 5.54 Å². The van der Waals surface area contributed by atoms with Gasteiger partial charge in [0.25, 0.3) is 5.56 Å². The highest BCUT2D eigenvalue weighted by molar-refractivity contribution is 5.82. The molecule has 4 nitrogen and oxygen atoms in total. The molecule has 0 atom stereocenters. The lowest BCUT2D eigenvalue weighted by atomic mass is 10.1. The first-order chi connectivity index (χ1) is 9.40. The van der Waals surface area contributed by atoms with Gasteiger partial charge in [-0.3, -0.25) is 4.79 Å². The molecule has 0 saturated carbocycles. The third-order valence-corrected chi connectivity index (χ3v) is 3.00. The van der Waals surface area contributed by atoms with Gasteiger partial charge in [0.15, 0.2) is 0 Å². The van der Waals surface area contributed by atoms with Gasteiger partial charge in [0.2, 0.25) is 0 Å². The SMILES string of the molecule is CCCOc1ccc2c(=O)n(CC(C)(C)N)ccc2c1. The summed E-state index contributed by atoms with van der Waals surface area (Å²) in [5.74, 6) is 0.802. The van der Waals surface area contributed by atoms with Crippen molar-refractivity contribution in [3.63, 3.8) is 0 Å². The summed E-state index contributed by atoms with van der Waals surface area (Å²) in [5.41, 5.74) is 5.55. The van der Waals surface area contributed by atoms with Crippen LogP contribution in [0.5, 0.6) is 5.75 Å². The number of nitrogens with two attached hydrogens (primary N) is 1. The van der Waals surface area contributed by atoms with Gasteiger partial charge in [-0.15, -0.1) is 0 Å². The number of nitrogens with zero attached hydrogens (tertiary/aromatic N) is 1. The Morgan fingerprint density at radius 2 is 2.05 bits per heavy atom. The van der Waals surface area contributed by atoms with Gasteiger partial charge in [0.05, 0.1) is 6.61 Å². The number of hydrogen-bond donors (Lipinski definition) is 1. The van der Waals surface area contributed by atoms with Crippen LogP contribution in [0.2, 0.25) is 0 Å². The minimum atomic E-state index is -0.415. The van der Waals surface area contributed by atoms with E-state index in [0.717, 1.165) is 17.6 Å². The molecule has 2 N–H and O–H groups in total. The molecule has 0 amide bonds. The molecule has 2 aromatic rings. The smallest absolute Gasteiger partial charge is 0.258 e. The molecule has 1 heterocycles. The first-order valence-electron chi connectivity index (χ1n) is 6.95. The molecule has 2 rings (SSSR count). The van der Waals surface area contributed by atoms with Crippen LogP contribution in [0.15, 0.2) is 35.3 Å². The number of benzene rings is 1. The van der Waals surface area contributed by atoms with Crippen LogP contribution >= 0.6 is 0 Å². The quantitative estimate of drug-likeness (QED) is 0.911. The maximum atomic E-state index is 12.4. The first-order valence-corrected chi connectivity index (χ1v) is 6.95. The minimum Gasteiger partial charge on any atom is -0.494 e. The molecule has 0 spiro atoms. The zero-order chi connectivity index (χ0) is 14.8. The second kappa shape index (κ2) is 5.67. The second-order valence-corrected chi connectivity index (χ2v) is 5.83. The third kappa shape index (κ3) is 3.39. The fraction of sp³-hybridized carbons (Fsp3) is 0.438. The molecule has 0 saturated heterocycles. The van der Waals surface area contributed by atoms with Crippen LogP contribution in [0.1, 0.15) is 27.2 Å². The average Bonchev–Trinajstić information content (AvgIpc) is 2.38. The van der Waals surface area contributed by atoms with E-state index in [9.17, 15) is 4.79 Å². The van der Waals surface area contributed by atoms with Crippen LogP contribution in [0.4, 0.5) is 0 Å². The highest BCUT2D eigenvalue weighted by Crippen LogP contribution is 2.18. The number of rotatable bonds is 5. The fourth-order valence-corrected chi connectivity index (χ4v) is 2.14. The zero-order valence-corrected chi connectivity index (χ0v) is 12.3. The summed E-state index contributed by atoms with van der Waals surface area (Å²) < 4.78 is 7.25. The highest BCUT2D eigenvalue weighted by Gasteiger charge is 2.13. The van der Waals surface area contributed by atoms with Crippen molar-refractivity contribution in [1.82, 2.24) is 4.57 Å². The second-order valence-electron chi connectivity index (χ2n) is 5.83. The molecule has 0 bridgehead atoms. The van der Waals surface area contributed by atoms with Gasteiger partial charge in [-0.05, 0) is 49.9 Å². The molecule has 0 radical (unpaired) electrons. The van der Waals surface area contributed by atoms with E-state index >= 15 is 0 Å². The van der Waals surface area contributed by atoms with Gasteiger partial charge in [-0.2, -0.15) is 0 Å². The molecular weight excluding hydrogens is 252 g/mol. The fourth-order valence-electron chi connectivity index (χ4n) is 2.14. The van der Waals surface area contributed by atoms with Crippen molar-refractivity contribution in [2.75, 3.05) is 6.61 Å². The molecular formula is C16H22N2O2. The van der Waals surface area contributed by atoms with E-state index in [1.54, 1.807) is 10.8 Å². The van der Waals surface area contributed by atoms with Gasteiger partial charge in [0.1, 0.15) is 5.75 Å². The zero-order valence-electron chi connectivity index (χ0n) is 12.3. The highest BCUT2D eigenvalue weighted by atomic mass is 16.5. The van der Waals surface area contributed by atoms with E-state index in [4.69, 9.17) is 10.5 Å². The third-order valence-electron chi connectivity index (χ3n) is 3.00. The number of ether oxygens (including phenoxy) is 1. The molecule has 20 heavy (non-hydrogen) atoms. The monoisotopic (exact) mass is 274 g/mol. The molecule has 1 aromatic heterocycles. The van der Waals surface area contributed by atoms with Crippen LogP contribution in [0, 0.1) is 0 Å². The number of fused-ring (bicyclic) bond motifs is 1. The van der Waals surface area contributed by atoms with Gasteiger partial charge >= 0.3 is 0 Å². The molecule has 0 aliphatic heterocycles. The lowest BCUT2D eigenvalue weighted by molar-refractivity contribution is 0.318. The lowest BCUT2D eigenvalue weighted by Crippen LogP contribution is -2.40. The normalized spacial score (nSPS) is 11.8. The molecule has 4 heteroatoms. The van der Waals surface area contributed by atoms with Crippen LogP contribution in [-0.4, -0.2) is 16.7 Å². The molecule has 1 aromatic carbocycles. The Bertz CT molecular complexity index is 654. The Balaban J connectivity index is 2.39. The summed E-state index contributed by atoms with van der Waals surface area (Å²) in [4.78, 5) is 12.4. The van der Waals surface area contributed by atoms with Crippen molar-refractivity contribution in [2.24, 2.45) is 5.73 Å². The lowest BCUT2D eigenvalue weighted by Gasteiger charge is -2.20. The predicted octanol–water partition coefficient (Wildman–Crippen LogP) is 2.53. The summed E-state index contributed by atoms with van der Waals surface area (Å²) in [6.45, 7) is 7.06. The summed E-state index contributed by atoms with van der Waals surface area (Å²) in [6, 6.07) is 7.51. The van der Waals surface area contributed by atoms with Gasteiger partial charge in [0, 0.05) is 23.7 Å². The van der Waals surface area contributed by atoms with Crippen LogP contribution in [0.25, 0.3) is 10.8 Å². The Morgan fingerprint density at radius 1 is 1.30 bits per heavy atom. The summed E-state index contributed by atoms with van der Waals surface area (Å²) in [6.07, 6.45) is 2.76. The Hall–Kier alpha value is -1.81. The van der Waals surface area contributed by atoms with Gasteiger partial charge in [-0.1, -0.05) is 6.92 Å². The van der Waals surface area contributed by atoms with E-state index in [-0.39, 0.29) is 5.56 Å². The molecule has 0 fully saturated rings. The summed E-state index contributed by atoms with van der Waals surface area (Å²) in [7, 11) is 0. The summed E-state index contributed by atoms with van der Waals surface area (Å²) >= 11 is 0. The van der Waals surface area contributed by atoms with E-state index in [0.29, 0.717) is 18.5 Å². The molecule has 0 aliphatic carbocycles. The van der Waals surface area contributed by atoms with Gasteiger partial charge in [-0.25, -0.2) is 0 Å². The molecule has 0 unspecified atom stereocenters. The largest absolute Gasteiger partial charge is 0.494 e. The topological polar surface area (TPSA) is 57.2 Å². The van der Waals surface area contributed by atoms with Crippen molar-refractivity contribution in [1.29, 1.82) is 0 Å². The average molecular weight is 274 g/mol. The van der Waals surface area contributed by atoms with E-state index in [1.807, 2.05) is 38.1 Å². The standard InChI is InChI=1S/C16H22N2O2/c1-4-9-20-13-5-6-14-12(10-13)7-8-18(15(14)19)11-16(2,3)17/h5-8,10H,4,9,11,17H2,1-3H3. The van der Waals surface area contributed by atoms with Crippen molar-refractivity contribution >= 4 is 10.8 Å². The maximum absolute atomic E-state index is 12.4. The number of hydrogen-bond acceptors (Lipinski definition) is 3. The van der Waals surface area contributed by atoms with Crippen LogP contribution in [-0.2, 0) is 6.54 Å². The minimum absolute atomic E-state index is 0.0110. The Kier molecular flexibility index (Phi) is 4.14. The summed E-state index contributed by atoms with van der Waals surface area (Å²) in [5, 5.41) is 1.59. The maximum Gasteiger partial charge on any atom is 0.258 e. The predicted molar refractivity (Wildman–Crippen MR) is 82.3 cm³/mol. The van der Waals surface area contributed by atoms with Gasteiger partial charge < -0.3 is 15.0 Å². The Morgan fingerprint density at radius 3 is 2.70 bits per heavy atom. The Labute approximate surface area is 119 Å². The van der Waals surface area contributed by atoms with Crippen LogP contribution < -0.4 is 16.0 Å². The number of aromatic nitrogens is 1. The van der Waals surface area contributed by atoms with Crippen molar-refractivity contribution in [3.05, 3.63) is 40.8 Å². The molecule has 0 aliphatic rings. The van der Waals surface area contributed by atoms with Crippen molar-refractivity contribution in [3.8, 4) is 5.75 Å².